The number of rotatable bonds is 1. The van der Waals surface area contributed by atoms with Gasteiger partial charge < -0.3 is 9.64 Å². The Hall–Kier alpha value is -1.55. The molecule has 6 aliphatic rings. The average molecular weight is 352 g/mol. The molecule has 0 amide bonds. The number of ether oxygens (including phenoxy) is 1. The molecule has 5 atom stereocenters. The van der Waals surface area contributed by atoms with Gasteiger partial charge in [0.1, 0.15) is 0 Å². The second-order valence-corrected chi connectivity index (χ2v) is 9.41. The Kier molecular flexibility index (Phi) is 2.77. The van der Waals surface area contributed by atoms with E-state index in [1.807, 2.05) is 0 Å². The minimum absolute atomic E-state index is 0.00653. The van der Waals surface area contributed by atoms with Crippen molar-refractivity contribution >= 4 is 11.7 Å². The third-order valence-electron chi connectivity index (χ3n) is 9.12. The van der Waals surface area contributed by atoms with Crippen LogP contribution in [0.15, 0.2) is 24.3 Å². The number of nitrogens with zero attached hydrogens (tertiary/aromatic N) is 2. The molecule has 138 valence electrons. The Morgan fingerprint density at radius 1 is 1.15 bits per heavy atom. The van der Waals surface area contributed by atoms with E-state index in [9.17, 15) is 4.79 Å². The number of methoxy groups -OCH3 is 1. The van der Waals surface area contributed by atoms with Crippen molar-refractivity contribution in [1.29, 1.82) is 0 Å². The Balaban J connectivity index is 1.68. The monoisotopic (exact) mass is 352 g/mol. The lowest BCUT2D eigenvalue weighted by molar-refractivity contribution is -0.174. The molecular weight excluding hydrogens is 324 g/mol. The summed E-state index contributed by atoms with van der Waals surface area (Å²) in [5, 5.41) is 0. The standard InChI is InChI=1S/C22H28N2O2/c1-23-17-7-4-3-6-15(17)21-11-13-24-12-5-8-20(19(21)24)9-10-22(21,23)16(14-20)18(25)26-2/h3-4,6-7,16,19H,5,8-14H2,1-2H3/t16-,19+,20-,21-,22-/m1/s1. The van der Waals surface area contributed by atoms with Gasteiger partial charge in [0.05, 0.1) is 18.6 Å². The lowest BCUT2D eigenvalue weighted by Gasteiger charge is -2.70. The van der Waals surface area contributed by atoms with E-state index in [4.69, 9.17) is 4.74 Å². The lowest BCUT2D eigenvalue weighted by atomic mass is 9.38. The summed E-state index contributed by atoms with van der Waals surface area (Å²) in [6, 6.07) is 9.60. The van der Waals surface area contributed by atoms with Crippen molar-refractivity contribution in [3.63, 3.8) is 0 Å². The molecule has 3 spiro atoms. The fourth-order valence-corrected chi connectivity index (χ4v) is 8.57. The van der Waals surface area contributed by atoms with E-state index in [1.54, 1.807) is 7.11 Å². The molecule has 0 aromatic heterocycles. The molecule has 3 saturated carbocycles. The van der Waals surface area contributed by atoms with E-state index in [2.05, 4.69) is 41.1 Å². The van der Waals surface area contributed by atoms with Crippen molar-refractivity contribution in [2.45, 2.75) is 55.5 Å². The number of benzene rings is 1. The molecule has 3 aliphatic heterocycles. The van der Waals surface area contributed by atoms with Gasteiger partial charge in [-0.3, -0.25) is 9.69 Å². The van der Waals surface area contributed by atoms with Gasteiger partial charge in [-0.15, -0.1) is 0 Å². The molecule has 1 aromatic rings. The number of fused-ring (bicyclic) bond motifs is 3. The van der Waals surface area contributed by atoms with Crippen LogP contribution >= 0.6 is 0 Å². The summed E-state index contributed by atoms with van der Waals surface area (Å²) in [4.78, 5) is 18.4. The van der Waals surface area contributed by atoms with Gasteiger partial charge in [0.2, 0.25) is 0 Å². The van der Waals surface area contributed by atoms with Crippen molar-refractivity contribution in [1.82, 2.24) is 4.90 Å². The number of carbonyl (C=O) groups is 1. The maximum atomic E-state index is 13.1. The SMILES string of the molecule is COC(=O)[C@H]1C[C@@]23CCCN4CC[C@@]5(c6ccccc6N(C)[C@]15CC2)[C@@H]43. The summed E-state index contributed by atoms with van der Waals surface area (Å²) in [7, 11) is 3.82. The summed E-state index contributed by atoms with van der Waals surface area (Å²) in [5.74, 6) is 0.0125. The number of likely N-dealkylation sites (N-methyl/N-ethyl adjacent to an activating group) is 1. The van der Waals surface area contributed by atoms with Crippen molar-refractivity contribution < 1.29 is 9.53 Å². The minimum atomic E-state index is -0.109. The van der Waals surface area contributed by atoms with Crippen LogP contribution in [0.1, 0.15) is 44.1 Å². The van der Waals surface area contributed by atoms with Crippen LogP contribution in [-0.2, 0) is 14.9 Å². The van der Waals surface area contributed by atoms with Crippen LogP contribution in [-0.4, -0.2) is 49.7 Å². The third-order valence-corrected chi connectivity index (χ3v) is 9.12. The van der Waals surface area contributed by atoms with Gasteiger partial charge in [-0.2, -0.15) is 0 Å². The summed E-state index contributed by atoms with van der Waals surface area (Å²) in [6.07, 6.45) is 7.16. The van der Waals surface area contributed by atoms with E-state index < -0.39 is 0 Å². The number of piperidine rings is 1. The molecule has 2 bridgehead atoms. The van der Waals surface area contributed by atoms with Gasteiger partial charge in [0.15, 0.2) is 0 Å². The summed E-state index contributed by atoms with van der Waals surface area (Å²) in [5.41, 5.74) is 3.14. The lowest BCUT2D eigenvalue weighted by Crippen LogP contribution is -2.78. The molecule has 26 heavy (non-hydrogen) atoms. The maximum absolute atomic E-state index is 13.1. The molecule has 3 aliphatic carbocycles. The molecule has 7 rings (SSSR count). The topological polar surface area (TPSA) is 32.8 Å². The van der Waals surface area contributed by atoms with Gasteiger partial charge >= 0.3 is 5.97 Å². The molecule has 0 radical (unpaired) electrons. The van der Waals surface area contributed by atoms with Crippen molar-refractivity contribution in [3.05, 3.63) is 29.8 Å². The first-order chi connectivity index (χ1) is 12.6. The minimum Gasteiger partial charge on any atom is -0.469 e. The predicted molar refractivity (Wildman–Crippen MR) is 100 cm³/mol. The van der Waals surface area contributed by atoms with Crippen LogP contribution in [0.2, 0.25) is 0 Å². The normalized spacial score (nSPS) is 45.2. The Morgan fingerprint density at radius 3 is 2.85 bits per heavy atom. The smallest absolute Gasteiger partial charge is 0.311 e. The van der Waals surface area contributed by atoms with Gasteiger partial charge in [0.25, 0.3) is 0 Å². The van der Waals surface area contributed by atoms with Gasteiger partial charge in [-0.1, -0.05) is 18.2 Å². The quantitative estimate of drug-likeness (QED) is 0.728. The van der Waals surface area contributed by atoms with Crippen LogP contribution < -0.4 is 4.90 Å². The number of anilines is 1. The number of hydrogen-bond donors (Lipinski definition) is 0. The van der Waals surface area contributed by atoms with E-state index in [-0.39, 0.29) is 22.8 Å². The van der Waals surface area contributed by atoms with E-state index in [1.165, 1.54) is 50.0 Å². The van der Waals surface area contributed by atoms with Crippen LogP contribution in [0.25, 0.3) is 0 Å². The van der Waals surface area contributed by atoms with Crippen LogP contribution in [0.3, 0.4) is 0 Å². The van der Waals surface area contributed by atoms with E-state index in [0.29, 0.717) is 11.5 Å². The van der Waals surface area contributed by atoms with E-state index in [0.717, 1.165) is 12.8 Å². The highest BCUT2D eigenvalue weighted by atomic mass is 16.5. The number of hydrogen-bond acceptors (Lipinski definition) is 4. The number of carbonyl (C=O) groups excluding carboxylic acids is 1. The second kappa shape index (κ2) is 4.64. The first-order valence-corrected chi connectivity index (χ1v) is 10.3. The highest BCUT2D eigenvalue weighted by Gasteiger charge is 2.80. The van der Waals surface area contributed by atoms with Gasteiger partial charge in [-0.25, -0.2) is 0 Å². The zero-order valence-electron chi connectivity index (χ0n) is 15.8. The fraction of sp³-hybridized carbons (Fsp3) is 0.682. The zero-order chi connectivity index (χ0) is 17.7. The van der Waals surface area contributed by atoms with Crippen molar-refractivity contribution in [2.24, 2.45) is 11.3 Å². The Morgan fingerprint density at radius 2 is 2.00 bits per heavy atom. The molecule has 0 unspecified atom stereocenters. The molecule has 4 heteroatoms. The van der Waals surface area contributed by atoms with Crippen LogP contribution in [0, 0.1) is 11.3 Å². The second-order valence-electron chi connectivity index (χ2n) is 9.41. The molecule has 4 nitrogen and oxygen atoms in total. The zero-order valence-corrected chi connectivity index (χ0v) is 15.8. The molecule has 5 fully saturated rings. The van der Waals surface area contributed by atoms with Crippen LogP contribution in [0.5, 0.6) is 0 Å². The molecular formula is C22H28N2O2. The molecule has 1 aromatic carbocycles. The largest absolute Gasteiger partial charge is 0.469 e. The van der Waals surface area contributed by atoms with Gasteiger partial charge in [0, 0.05) is 24.2 Å². The highest BCUT2D eigenvalue weighted by molar-refractivity contribution is 5.81. The predicted octanol–water partition coefficient (Wildman–Crippen LogP) is 2.95. The summed E-state index contributed by atoms with van der Waals surface area (Å²) >= 11 is 0. The van der Waals surface area contributed by atoms with E-state index >= 15 is 0 Å². The summed E-state index contributed by atoms with van der Waals surface area (Å²) in [6.45, 7) is 2.42. The number of esters is 1. The van der Waals surface area contributed by atoms with Crippen molar-refractivity contribution in [3.8, 4) is 0 Å². The Bertz CT molecular complexity index is 809. The Labute approximate surface area is 155 Å². The summed E-state index contributed by atoms with van der Waals surface area (Å²) < 4.78 is 5.39. The fourth-order valence-electron chi connectivity index (χ4n) is 8.57. The third kappa shape index (κ3) is 1.35. The van der Waals surface area contributed by atoms with Crippen molar-refractivity contribution in [2.75, 3.05) is 32.1 Å². The number of para-hydroxylation sites is 1. The first-order valence-electron chi connectivity index (χ1n) is 10.3. The highest BCUT2D eigenvalue weighted by Crippen LogP contribution is 2.75. The molecule has 0 N–H and O–H groups in total. The maximum Gasteiger partial charge on any atom is 0.311 e. The molecule has 2 saturated heterocycles. The molecule has 3 heterocycles. The first kappa shape index (κ1) is 15.5. The average Bonchev–Trinajstić information content (AvgIpc) is 3.19. The van der Waals surface area contributed by atoms with Gasteiger partial charge in [-0.05, 0) is 68.7 Å². The van der Waals surface area contributed by atoms with Crippen LogP contribution in [0.4, 0.5) is 5.69 Å².